The first-order chi connectivity index (χ1) is 15.7. The van der Waals surface area contributed by atoms with Gasteiger partial charge in [0.2, 0.25) is 6.79 Å². The molecular weight excluding hydrogens is 422 g/mol. The minimum Gasteiger partial charge on any atom is -0.454 e. The van der Waals surface area contributed by atoms with E-state index in [9.17, 15) is 19.8 Å². The Balaban J connectivity index is 1.31. The SMILES string of the molecule is C[C@]1([C@H]2CC[C@]3(C)C(=O)CC[C@H]3[C@@H]2O)CC[C@H](O)C[C@@H]1CNC(=O)c1ccc2c(c1)OCO2. The molecule has 0 saturated heterocycles. The lowest BCUT2D eigenvalue weighted by molar-refractivity contribution is -0.144. The molecule has 1 heterocycles. The standard InChI is InChI=1S/C26H35NO6/c1-25(19-8-10-26(2)18(23(19)30)4-6-22(26)29)9-7-17(28)12-16(25)13-27-24(31)15-3-5-20-21(11-15)33-14-32-20/h3,5,11,16-19,23,28,30H,4,6-10,12-14H2,1-2H3,(H,27,31)/t16-,17+,18+,19+,23+,25+,26+/m1/s1. The second kappa shape index (κ2) is 8.27. The van der Waals surface area contributed by atoms with E-state index >= 15 is 0 Å². The fourth-order valence-electron chi connectivity index (χ4n) is 7.15. The summed E-state index contributed by atoms with van der Waals surface area (Å²) in [5.74, 6) is 1.42. The van der Waals surface area contributed by atoms with Crippen molar-refractivity contribution in [3.63, 3.8) is 0 Å². The van der Waals surface area contributed by atoms with Crippen LogP contribution < -0.4 is 14.8 Å². The Bertz CT molecular complexity index is 949. The number of ketones is 1. The summed E-state index contributed by atoms with van der Waals surface area (Å²) in [5.41, 5.74) is -0.104. The molecule has 7 heteroatoms. The fourth-order valence-corrected chi connectivity index (χ4v) is 7.15. The molecule has 7 nitrogen and oxygen atoms in total. The minimum atomic E-state index is -0.525. The highest BCUT2D eigenvalue weighted by molar-refractivity contribution is 5.95. The Kier molecular flexibility index (Phi) is 5.68. The number of ether oxygens (including phenoxy) is 2. The summed E-state index contributed by atoms with van der Waals surface area (Å²) in [6.07, 6.45) is 4.12. The zero-order chi connectivity index (χ0) is 23.4. The first-order valence-electron chi connectivity index (χ1n) is 12.3. The third-order valence-corrected chi connectivity index (χ3v) is 9.43. The zero-order valence-electron chi connectivity index (χ0n) is 19.5. The van der Waals surface area contributed by atoms with Gasteiger partial charge < -0.3 is 25.0 Å². The molecule has 33 heavy (non-hydrogen) atoms. The van der Waals surface area contributed by atoms with Crippen molar-refractivity contribution >= 4 is 11.7 Å². The van der Waals surface area contributed by atoms with Gasteiger partial charge in [0.25, 0.3) is 5.91 Å². The quantitative estimate of drug-likeness (QED) is 0.642. The van der Waals surface area contributed by atoms with Crippen LogP contribution in [0.3, 0.4) is 0 Å². The van der Waals surface area contributed by atoms with Gasteiger partial charge in [0.1, 0.15) is 5.78 Å². The van der Waals surface area contributed by atoms with E-state index in [1.165, 1.54) is 0 Å². The third kappa shape index (κ3) is 3.73. The lowest BCUT2D eigenvalue weighted by atomic mass is 9.52. The third-order valence-electron chi connectivity index (χ3n) is 9.43. The number of aliphatic hydroxyl groups excluding tert-OH is 2. The summed E-state index contributed by atoms with van der Waals surface area (Å²) in [6, 6.07) is 5.15. The molecule has 3 fully saturated rings. The lowest BCUT2D eigenvalue weighted by Gasteiger charge is -2.54. The molecule has 1 aromatic carbocycles. The normalized spacial score (nSPS) is 39.9. The van der Waals surface area contributed by atoms with Crippen molar-refractivity contribution in [2.45, 2.75) is 71.0 Å². The van der Waals surface area contributed by atoms with Crippen LogP contribution in [0.4, 0.5) is 0 Å². The largest absolute Gasteiger partial charge is 0.454 e. The first kappa shape index (κ1) is 22.7. The van der Waals surface area contributed by atoms with Crippen LogP contribution in [0.2, 0.25) is 0 Å². The number of Topliss-reactive ketones (excluding diaryl/α,β-unsaturated/α-hetero) is 1. The van der Waals surface area contributed by atoms with Gasteiger partial charge >= 0.3 is 0 Å². The zero-order valence-corrected chi connectivity index (χ0v) is 19.5. The van der Waals surface area contributed by atoms with Crippen molar-refractivity contribution in [1.29, 1.82) is 0 Å². The minimum absolute atomic E-state index is 0.0105. The Morgan fingerprint density at radius 1 is 1.09 bits per heavy atom. The Labute approximate surface area is 194 Å². The number of rotatable bonds is 4. The predicted molar refractivity (Wildman–Crippen MR) is 121 cm³/mol. The van der Waals surface area contributed by atoms with Crippen LogP contribution in [0.15, 0.2) is 18.2 Å². The molecule has 180 valence electrons. The van der Waals surface area contributed by atoms with Crippen LogP contribution in [0.1, 0.15) is 69.2 Å². The number of hydrogen-bond donors (Lipinski definition) is 3. The second-order valence-electron chi connectivity index (χ2n) is 11.0. The van der Waals surface area contributed by atoms with Gasteiger partial charge in [0, 0.05) is 23.9 Å². The van der Waals surface area contributed by atoms with Crippen LogP contribution in [-0.2, 0) is 4.79 Å². The maximum absolute atomic E-state index is 12.9. The monoisotopic (exact) mass is 457 g/mol. The molecule has 4 aliphatic rings. The van der Waals surface area contributed by atoms with Gasteiger partial charge in [0.05, 0.1) is 12.2 Å². The van der Waals surface area contributed by atoms with Gasteiger partial charge in [-0.3, -0.25) is 9.59 Å². The molecule has 3 saturated carbocycles. The van der Waals surface area contributed by atoms with Crippen molar-refractivity contribution in [1.82, 2.24) is 5.32 Å². The van der Waals surface area contributed by atoms with Crippen LogP contribution >= 0.6 is 0 Å². The maximum Gasteiger partial charge on any atom is 0.251 e. The number of aliphatic hydroxyl groups is 2. The van der Waals surface area contributed by atoms with E-state index in [1.807, 2.05) is 6.92 Å². The molecule has 7 atom stereocenters. The van der Waals surface area contributed by atoms with E-state index in [1.54, 1.807) is 18.2 Å². The molecule has 1 amide bonds. The molecule has 1 aliphatic heterocycles. The van der Waals surface area contributed by atoms with Crippen molar-refractivity contribution in [3.8, 4) is 11.5 Å². The van der Waals surface area contributed by atoms with Crippen LogP contribution in [0, 0.1) is 28.6 Å². The van der Waals surface area contributed by atoms with Crippen molar-refractivity contribution in [2.75, 3.05) is 13.3 Å². The topological polar surface area (TPSA) is 105 Å². The van der Waals surface area contributed by atoms with E-state index in [0.717, 1.165) is 25.7 Å². The van der Waals surface area contributed by atoms with Crippen LogP contribution in [0.25, 0.3) is 0 Å². The molecule has 3 N–H and O–H groups in total. The van der Waals surface area contributed by atoms with Gasteiger partial charge in [-0.2, -0.15) is 0 Å². The summed E-state index contributed by atoms with van der Waals surface area (Å²) >= 11 is 0. The molecule has 0 spiro atoms. The van der Waals surface area contributed by atoms with E-state index in [2.05, 4.69) is 12.2 Å². The molecular formula is C26H35NO6. The molecule has 3 aliphatic carbocycles. The van der Waals surface area contributed by atoms with E-state index in [0.29, 0.717) is 48.7 Å². The Hall–Kier alpha value is -2.12. The van der Waals surface area contributed by atoms with Gasteiger partial charge in [-0.15, -0.1) is 0 Å². The van der Waals surface area contributed by atoms with Crippen molar-refractivity contribution in [2.24, 2.45) is 28.6 Å². The highest BCUT2D eigenvalue weighted by atomic mass is 16.7. The Morgan fingerprint density at radius 2 is 1.88 bits per heavy atom. The summed E-state index contributed by atoms with van der Waals surface area (Å²) in [6.45, 7) is 4.84. The van der Waals surface area contributed by atoms with Crippen molar-refractivity contribution < 1.29 is 29.3 Å². The average Bonchev–Trinajstić information content (AvgIpc) is 3.38. The van der Waals surface area contributed by atoms with Gasteiger partial charge in [0.15, 0.2) is 11.5 Å². The number of nitrogens with one attached hydrogen (secondary N) is 1. The summed E-state index contributed by atoms with van der Waals surface area (Å²) in [5, 5.41) is 24.9. The number of hydrogen-bond acceptors (Lipinski definition) is 6. The van der Waals surface area contributed by atoms with E-state index in [4.69, 9.17) is 9.47 Å². The summed E-state index contributed by atoms with van der Waals surface area (Å²) < 4.78 is 10.7. The molecule has 0 aromatic heterocycles. The number of benzene rings is 1. The maximum atomic E-state index is 12.9. The lowest BCUT2D eigenvalue weighted by Crippen LogP contribution is -2.55. The average molecular weight is 458 g/mol. The highest BCUT2D eigenvalue weighted by Crippen LogP contribution is 2.58. The number of amides is 1. The fraction of sp³-hybridized carbons (Fsp3) is 0.692. The summed E-state index contributed by atoms with van der Waals surface area (Å²) in [7, 11) is 0. The van der Waals surface area contributed by atoms with Crippen molar-refractivity contribution in [3.05, 3.63) is 23.8 Å². The Morgan fingerprint density at radius 3 is 2.70 bits per heavy atom. The number of carbonyl (C=O) groups excluding carboxylic acids is 2. The number of fused-ring (bicyclic) bond motifs is 2. The highest BCUT2D eigenvalue weighted by Gasteiger charge is 2.58. The van der Waals surface area contributed by atoms with Gasteiger partial charge in [-0.25, -0.2) is 0 Å². The first-order valence-corrected chi connectivity index (χ1v) is 12.3. The predicted octanol–water partition coefficient (Wildman–Crippen LogP) is 3.07. The van der Waals surface area contributed by atoms with Gasteiger partial charge in [-0.1, -0.05) is 13.8 Å². The molecule has 0 bridgehead atoms. The second-order valence-corrected chi connectivity index (χ2v) is 11.0. The molecule has 1 aromatic rings. The molecule has 0 unspecified atom stereocenters. The van der Waals surface area contributed by atoms with Crippen LogP contribution in [-0.4, -0.2) is 47.4 Å². The molecule has 0 radical (unpaired) electrons. The van der Waals surface area contributed by atoms with E-state index in [-0.39, 0.29) is 35.9 Å². The van der Waals surface area contributed by atoms with Gasteiger partial charge in [-0.05, 0) is 79.9 Å². The molecule has 5 rings (SSSR count). The van der Waals surface area contributed by atoms with E-state index < -0.39 is 17.6 Å². The van der Waals surface area contributed by atoms with Crippen LogP contribution in [0.5, 0.6) is 11.5 Å². The smallest absolute Gasteiger partial charge is 0.251 e. The summed E-state index contributed by atoms with van der Waals surface area (Å²) in [4.78, 5) is 25.4. The number of carbonyl (C=O) groups is 2.